The van der Waals surface area contributed by atoms with Crippen LogP contribution in [0.2, 0.25) is 0 Å². The molecule has 5 heteroatoms. The van der Waals surface area contributed by atoms with Crippen LogP contribution in [0.1, 0.15) is 11.1 Å². The highest BCUT2D eigenvalue weighted by Crippen LogP contribution is 2.39. The van der Waals surface area contributed by atoms with Crippen LogP contribution in [0.25, 0.3) is 27.7 Å². The van der Waals surface area contributed by atoms with E-state index in [1.54, 1.807) is 0 Å². The maximum atomic E-state index is 9.38. The predicted molar refractivity (Wildman–Crippen MR) is 109 cm³/mol. The highest BCUT2D eigenvalue weighted by atomic mass is 16.7. The Morgan fingerprint density at radius 3 is 2.71 bits per heavy atom. The van der Waals surface area contributed by atoms with E-state index in [4.69, 9.17) is 15.2 Å². The van der Waals surface area contributed by atoms with Crippen molar-refractivity contribution in [1.82, 2.24) is 4.57 Å². The Morgan fingerprint density at radius 2 is 1.86 bits per heavy atom. The quantitative estimate of drug-likeness (QED) is 0.517. The van der Waals surface area contributed by atoms with Gasteiger partial charge in [-0.25, -0.2) is 0 Å². The summed E-state index contributed by atoms with van der Waals surface area (Å²) in [6.07, 6.45) is 2.09. The van der Waals surface area contributed by atoms with Gasteiger partial charge >= 0.3 is 0 Å². The lowest BCUT2D eigenvalue weighted by Crippen LogP contribution is -1.93. The minimum Gasteiger partial charge on any atom is -0.454 e. The van der Waals surface area contributed by atoms with Crippen LogP contribution in [0.5, 0.6) is 11.5 Å². The van der Waals surface area contributed by atoms with E-state index in [1.165, 1.54) is 0 Å². The smallest absolute Gasteiger partial charge is 0.231 e. The molecule has 0 atom stereocenters. The molecule has 0 spiro atoms. The maximum Gasteiger partial charge on any atom is 0.231 e. The summed E-state index contributed by atoms with van der Waals surface area (Å²) in [4.78, 5) is 0. The largest absolute Gasteiger partial charge is 0.454 e. The van der Waals surface area contributed by atoms with Gasteiger partial charge in [-0.05, 0) is 54.4 Å². The Labute approximate surface area is 162 Å². The minimum atomic E-state index is 0.241. The summed E-state index contributed by atoms with van der Waals surface area (Å²) in [5.74, 6) is 1.48. The first kappa shape index (κ1) is 16.3. The average Bonchev–Trinajstić information content (AvgIpc) is 3.33. The summed E-state index contributed by atoms with van der Waals surface area (Å²) in [5, 5.41) is 10.4. The molecular weight excluding hydrogens is 350 g/mol. The Hall–Kier alpha value is -3.91. The third-order valence-electron chi connectivity index (χ3n) is 5.23. The van der Waals surface area contributed by atoms with Gasteiger partial charge in [0.15, 0.2) is 11.5 Å². The van der Waals surface area contributed by atoms with E-state index in [2.05, 4.69) is 22.9 Å². The lowest BCUT2D eigenvalue weighted by molar-refractivity contribution is 0.174. The molecule has 5 nitrogen and oxygen atoms in total. The fourth-order valence-electron chi connectivity index (χ4n) is 3.71. The molecule has 2 heterocycles. The molecule has 0 bridgehead atoms. The second kappa shape index (κ2) is 6.07. The maximum absolute atomic E-state index is 9.38. The van der Waals surface area contributed by atoms with Crippen LogP contribution in [0.4, 0.5) is 5.69 Å². The molecule has 5 rings (SSSR count). The zero-order chi connectivity index (χ0) is 19.3. The number of hydrogen-bond donors (Lipinski definition) is 1. The average molecular weight is 367 g/mol. The zero-order valence-electron chi connectivity index (χ0n) is 15.3. The summed E-state index contributed by atoms with van der Waals surface area (Å²) in [6, 6.07) is 19.8. The number of nitrogens with zero attached hydrogens (tertiary/aromatic N) is 2. The van der Waals surface area contributed by atoms with E-state index in [9.17, 15) is 5.26 Å². The first-order valence-electron chi connectivity index (χ1n) is 8.96. The number of benzene rings is 3. The van der Waals surface area contributed by atoms with Crippen molar-refractivity contribution >= 4 is 16.6 Å². The molecule has 1 aromatic heterocycles. The van der Waals surface area contributed by atoms with Gasteiger partial charge in [-0.1, -0.05) is 12.1 Å². The Bertz CT molecular complexity index is 1280. The molecule has 0 unspecified atom stereocenters. The lowest BCUT2D eigenvalue weighted by Gasteiger charge is -2.07. The SMILES string of the molecule is Cc1c(N)cccc1-c1cn(-c2ccc3c(c2)OCO3)c2ccc(C#N)cc12. The monoisotopic (exact) mass is 367 g/mol. The number of rotatable bonds is 2. The van der Waals surface area contributed by atoms with Gasteiger partial charge in [0.25, 0.3) is 0 Å². The van der Waals surface area contributed by atoms with Gasteiger partial charge in [-0.3, -0.25) is 0 Å². The van der Waals surface area contributed by atoms with Gasteiger partial charge in [0, 0.05) is 34.6 Å². The van der Waals surface area contributed by atoms with Crippen LogP contribution >= 0.6 is 0 Å². The molecule has 1 aliphatic heterocycles. The number of hydrogen-bond acceptors (Lipinski definition) is 4. The van der Waals surface area contributed by atoms with E-state index in [0.717, 1.165) is 50.5 Å². The number of aromatic nitrogens is 1. The fraction of sp³-hybridized carbons (Fsp3) is 0.0870. The van der Waals surface area contributed by atoms with Crippen LogP contribution in [0.15, 0.2) is 60.8 Å². The fourth-order valence-corrected chi connectivity index (χ4v) is 3.71. The van der Waals surface area contributed by atoms with Crippen molar-refractivity contribution in [3.8, 4) is 34.4 Å². The van der Waals surface area contributed by atoms with Crippen molar-refractivity contribution in [3.63, 3.8) is 0 Å². The van der Waals surface area contributed by atoms with Gasteiger partial charge in [0.2, 0.25) is 6.79 Å². The van der Waals surface area contributed by atoms with Crippen LogP contribution in [0.3, 0.4) is 0 Å². The number of fused-ring (bicyclic) bond motifs is 2. The number of nitrogen functional groups attached to an aromatic ring is 1. The molecule has 0 saturated heterocycles. The minimum absolute atomic E-state index is 0.241. The summed E-state index contributed by atoms with van der Waals surface area (Å²) in [5.41, 5.74) is 12.6. The van der Waals surface area contributed by atoms with Gasteiger partial charge in [0.1, 0.15) is 0 Å². The van der Waals surface area contributed by atoms with Gasteiger partial charge in [0.05, 0.1) is 17.1 Å². The molecule has 0 radical (unpaired) electrons. The standard InChI is InChI=1S/C23H17N3O2/c1-14-17(3-2-4-20(14)25)19-12-26(21-7-5-15(11-24)9-18(19)21)16-6-8-22-23(10-16)28-13-27-22/h2-10,12H,13,25H2,1H3. The van der Waals surface area contributed by atoms with Crippen molar-refractivity contribution in [2.75, 3.05) is 12.5 Å². The van der Waals surface area contributed by atoms with Crippen molar-refractivity contribution in [1.29, 1.82) is 5.26 Å². The lowest BCUT2D eigenvalue weighted by atomic mass is 9.98. The highest BCUT2D eigenvalue weighted by Gasteiger charge is 2.18. The zero-order valence-corrected chi connectivity index (χ0v) is 15.3. The summed E-state index contributed by atoms with van der Waals surface area (Å²) >= 11 is 0. The Morgan fingerprint density at radius 1 is 1.00 bits per heavy atom. The first-order valence-corrected chi connectivity index (χ1v) is 8.96. The number of nitrogens with two attached hydrogens (primary N) is 1. The second-order valence-corrected chi connectivity index (χ2v) is 6.81. The normalized spacial score (nSPS) is 12.3. The summed E-state index contributed by atoms with van der Waals surface area (Å²) in [7, 11) is 0. The molecule has 0 saturated carbocycles. The molecule has 0 aliphatic carbocycles. The topological polar surface area (TPSA) is 73.2 Å². The van der Waals surface area contributed by atoms with Crippen LogP contribution in [0, 0.1) is 18.3 Å². The third kappa shape index (κ3) is 2.39. The molecule has 3 aromatic carbocycles. The Balaban J connectivity index is 1.80. The van der Waals surface area contributed by atoms with Crippen molar-refractivity contribution in [3.05, 3.63) is 71.9 Å². The molecule has 136 valence electrons. The van der Waals surface area contributed by atoms with E-state index in [-0.39, 0.29) is 6.79 Å². The third-order valence-corrected chi connectivity index (χ3v) is 5.23. The highest BCUT2D eigenvalue weighted by molar-refractivity contribution is 5.99. The van der Waals surface area contributed by atoms with E-state index >= 15 is 0 Å². The summed E-state index contributed by atoms with van der Waals surface area (Å²) < 4.78 is 13.1. The van der Waals surface area contributed by atoms with E-state index in [0.29, 0.717) is 5.56 Å². The molecule has 4 aromatic rings. The van der Waals surface area contributed by atoms with Crippen molar-refractivity contribution in [2.24, 2.45) is 0 Å². The molecule has 28 heavy (non-hydrogen) atoms. The predicted octanol–water partition coefficient (Wildman–Crippen LogP) is 4.79. The van der Waals surface area contributed by atoms with Crippen LogP contribution in [-0.2, 0) is 0 Å². The number of nitriles is 1. The molecular formula is C23H17N3O2. The van der Waals surface area contributed by atoms with Crippen molar-refractivity contribution in [2.45, 2.75) is 6.92 Å². The van der Waals surface area contributed by atoms with Gasteiger partial charge in [-0.2, -0.15) is 5.26 Å². The Kier molecular flexibility index (Phi) is 3.53. The van der Waals surface area contributed by atoms with Crippen molar-refractivity contribution < 1.29 is 9.47 Å². The first-order chi connectivity index (χ1) is 13.7. The van der Waals surface area contributed by atoms with Gasteiger partial charge in [-0.15, -0.1) is 0 Å². The van der Waals surface area contributed by atoms with Crippen LogP contribution in [-0.4, -0.2) is 11.4 Å². The molecule has 0 fully saturated rings. The van der Waals surface area contributed by atoms with E-state index < -0.39 is 0 Å². The number of anilines is 1. The van der Waals surface area contributed by atoms with Gasteiger partial charge < -0.3 is 19.8 Å². The number of ether oxygens (including phenoxy) is 2. The molecule has 2 N–H and O–H groups in total. The summed E-state index contributed by atoms with van der Waals surface area (Å²) in [6.45, 7) is 2.26. The second-order valence-electron chi connectivity index (χ2n) is 6.81. The molecule has 1 aliphatic rings. The van der Waals surface area contributed by atoms with E-state index in [1.807, 2.05) is 55.5 Å². The molecule has 0 amide bonds. The van der Waals surface area contributed by atoms with Crippen LogP contribution < -0.4 is 15.2 Å².